The molecule has 0 aliphatic heterocycles. The van der Waals surface area contributed by atoms with Gasteiger partial charge in [0.1, 0.15) is 0 Å². The minimum Gasteiger partial charge on any atom is -0.325 e. The van der Waals surface area contributed by atoms with Crippen molar-refractivity contribution >= 4 is 5.78 Å². The van der Waals surface area contributed by atoms with Crippen LogP contribution in [-0.4, -0.2) is 10.8 Å². The van der Waals surface area contributed by atoms with Gasteiger partial charge in [-0.2, -0.15) is 0 Å². The van der Waals surface area contributed by atoms with Crippen LogP contribution in [0, 0.1) is 6.92 Å². The first kappa shape index (κ1) is 12.3. The minimum atomic E-state index is -0.174. The molecular weight excluding hydrogens is 226 g/mol. The number of nitrogens with one attached hydrogen (secondary N) is 1. The van der Waals surface area contributed by atoms with Crippen molar-refractivity contribution in [3.8, 4) is 0 Å². The van der Waals surface area contributed by atoms with Gasteiger partial charge in [0.25, 0.3) is 0 Å². The molecule has 1 aromatic carbocycles. The molecule has 3 heteroatoms. The average Bonchev–Trinajstić information content (AvgIpc) is 2.38. The van der Waals surface area contributed by atoms with Crippen molar-refractivity contribution in [1.29, 1.82) is 0 Å². The van der Waals surface area contributed by atoms with Gasteiger partial charge >= 0.3 is 0 Å². The summed E-state index contributed by atoms with van der Waals surface area (Å²) in [5, 5.41) is 0. The number of ketones is 1. The molecule has 1 aromatic heterocycles. The lowest BCUT2D eigenvalue weighted by Crippen LogP contribution is -2.13. The van der Waals surface area contributed by atoms with Gasteiger partial charge < -0.3 is 4.98 Å². The van der Waals surface area contributed by atoms with Crippen molar-refractivity contribution in [3.63, 3.8) is 0 Å². The molecule has 2 aromatic rings. The number of H-pyrrole nitrogens is 1. The number of aryl methyl sites for hydroxylation is 2. The van der Waals surface area contributed by atoms with Crippen molar-refractivity contribution in [3.05, 3.63) is 69.1 Å². The van der Waals surface area contributed by atoms with E-state index in [-0.39, 0.29) is 11.3 Å². The van der Waals surface area contributed by atoms with Gasteiger partial charge in [-0.15, -0.1) is 0 Å². The highest BCUT2D eigenvalue weighted by atomic mass is 16.1. The maximum Gasteiger partial charge on any atom is 0.248 e. The van der Waals surface area contributed by atoms with Crippen LogP contribution < -0.4 is 5.56 Å². The summed E-state index contributed by atoms with van der Waals surface area (Å²) in [6.45, 7) is 3.89. The molecule has 0 amide bonds. The zero-order valence-corrected chi connectivity index (χ0v) is 10.5. The zero-order chi connectivity index (χ0) is 13.1. The van der Waals surface area contributed by atoms with Crippen LogP contribution in [-0.2, 0) is 6.42 Å². The maximum atomic E-state index is 12.3. The van der Waals surface area contributed by atoms with Crippen molar-refractivity contribution in [2.75, 3.05) is 0 Å². The third-order valence-electron chi connectivity index (χ3n) is 2.91. The second-order valence-corrected chi connectivity index (χ2v) is 4.26. The number of hydrogen-bond acceptors (Lipinski definition) is 2. The Morgan fingerprint density at radius 3 is 2.39 bits per heavy atom. The molecule has 0 aliphatic rings. The molecule has 2 rings (SSSR count). The number of aromatic nitrogens is 1. The van der Waals surface area contributed by atoms with E-state index in [1.807, 2.05) is 38.1 Å². The molecule has 0 unspecified atom stereocenters. The van der Waals surface area contributed by atoms with Crippen molar-refractivity contribution in [1.82, 2.24) is 4.98 Å². The van der Waals surface area contributed by atoms with Crippen molar-refractivity contribution in [2.24, 2.45) is 0 Å². The first-order chi connectivity index (χ1) is 8.61. The summed E-state index contributed by atoms with van der Waals surface area (Å²) in [5.74, 6) is -0.0527. The molecule has 0 spiro atoms. The average molecular weight is 241 g/mol. The summed E-state index contributed by atoms with van der Waals surface area (Å²) in [7, 11) is 0. The third kappa shape index (κ3) is 2.40. The molecular formula is C15H15NO2. The first-order valence-corrected chi connectivity index (χ1v) is 5.95. The van der Waals surface area contributed by atoms with E-state index in [0.717, 1.165) is 5.56 Å². The van der Waals surface area contributed by atoms with Crippen LogP contribution in [0.5, 0.6) is 0 Å². The fourth-order valence-electron chi connectivity index (χ4n) is 1.87. The van der Waals surface area contributed by atoms with E-state index in [0.29, 0.717) is 23.2 Å². The van der Waals surface area contributed by atoms with Gasteiger partial charge in [0.15, 0.2) is 5.78 Å². The number of pyridine rings is 1. The quantitative estimate of drug-likeness (QED) is 0.839. The Morgan fingerprint density at radius 1 is 1.11 bits per heavy atom. The van der Waals surface area contributed by atoms with Crippen LogP contribution in [0.4, 0.5) is 0 Å². The van der Waals surface area contributed by atoms with Crippen LogP contribution in [0.25, 0.3) is 0 Å². The lowest BCUT2D eigenvalue weighted by Gasteiger charge is -2.06. The minimum absolute atomic E-state index is 0.0527. The topological polar surface area (TPSA) is 49.9 Å². The number of rotatable bonds is 3. The van der Waals surface area contributed by atoms with Gasteiger partial charge in [0.2, 0.25) is 5.56 Å². The molecule has 92 valence electrons. The summed E-state index contributed by atoms with van der Waals surface area (Å²) >= 11 is 0. The highest BCUT2D eigenvalue weighted by molar-refractivity contribution is 6.09. The molecule has 18 heavy (non-hydrogen) atoms. The Morgan fingerprint density at radius 2 is 1.78 bits per heavy atom. The summed E-state index contributed by atoms with van der Waals surface area (Å²) in [4.78, 5) is 26.3. The molecule has 3 nitrogen and oxygen atoms in total. The largest absolute Gasteiger partial charge is 0.325 e. The Labute approximate surface area is 105 Å². The fourth-order valence-corrected chi connectivity index (χ4v) is 1.87. The predicted molar refractivity (Wildman–Crippen MR) is 71.1 cm³/mol. The lowest BCUT2D eigenvalue weighted by molar-refractivity contribution is 0.103. The number of benzene rings is 1. The summed E-state index contributed by atoms with van der Waals surface area (Å²) in [6.07, 6.45) is 0.628. The van der Waals surface area contributed by atoms with Crippen molar-refractivity contribution in [2.45, 2.75) is 20.3 Å². The van der Waals surface area contributed by atoms with E-state index in [1.54, 1.807) is 6.07 Å². The summed E-state index contributed by atoms with van der Waals surface area (Å²) in [6, 6.07) is 10.4. The van der Waals surface area contributed by atoms with Gasteiger partial charge in [-0.25, -0.2) is 0 Å². The SMILES string of the molecule is CCc1[nH]c(=O)ccc1C(=O)c1ccc(C)cc1. The van der Waals surface area contributed by atoms with Crippen molar-refractivity contribution < 1.29 is 4.79 Å². The molecule has 1 heterocycles. The molecule has 0 bridgehead atoms. The van der Waals surface area contributed by atoms with Gasteiger partial charge in [0, 0.05) is 22.9 Å². The number of carbonyl (C=O) groups is 1. The standard InChI is InChI=1S/C15H15NO2/c1-3-13-12(8-9-14(17)16-13)15(18)11-6-4-10(2)5-7-11/h4-9H,3H2,1-2H3,(H,16,17). The molecule has 0 saturated heterocycles. The Balaban J connectivity index is 2.45. The van der Waals surface area contributed by atoms with Gasteiger partial charge in [-0.05, 0) is 19.4 Å². The second-order valence-electron chi connectivity index (χ2n) is 4.26. The van der Waals surface area contributed by atoms with Crippen LogP contribution in [0.2, 0.25) is 0 Å². The lowest BCUT2D eigenvalue weighted by atomic mass is 10.00. The van der Waals surface area contributed by atoms with E-state index in [4.69, 9.17) is 0 Å². The maximum absolute atomic E-state index is 12.3. The highest BCUT2D eigenvalue weighted by Gasteiger charge is 2.13. The van der Waals surface area contributed by atoms with Crippen LogP contribution in [0.1, 0.15) is 34.1 Å². The Bertz CT molecular complexity index is 624. The van der Waals surface area contributed by atoms with Gasteiger partial charge in [0.05, 0.1) is 0 Å². The van der Waals surface area contributed by atoms with E-state index in [1.165, 1.54) is 6.07 Å². The predicted octanol–water partition coefficient (Wildman–Crippen LogP) is 2.48. The van der Waals surface area contributed by atoms with E-state index >= 15 is 0 Å². The third-order valence-corrected chi connectivity index (χ3v) is 2.91. The zero-order valence-electron chi connectivity index (χ0n) is 10.5. The Hall–Kier alpha value is -2.16. The number of aromatic amines is 1. The van der Waals surface area contributed by atoms with Gasteiger partial charge in [-0.3, -0.25) is 9.59 Å². The monoisotopic (exact) mass is 241 g/mol. The molecule has 0 radical (unpaired) electrons. The molecule has 1 N–H and O–H groups in total. The molecule has 0 saturated carbocycles. The van der Waals surface area contributed by atoms with Crippen LogP contribution in [0.15, 0.2) is 41.2 Å². The Kier molecular flexibility index (Phi) is 3.42. The summed E-state index contributed by atoms with van der Waals surface area (Å²) < 4.78 is 0. The van der Waals surface area contributed by atoms with E-state index in [9.17, 15) is 9.59 Å². The molecule has 0 aliphatic carbocycles. The second kappa shape index (κ2) is 5.00. The van der Waals surface area contributed by atoms with E-state index in [2.05, 4.69) is 4.98 Å². The first-order valence-electron chi connectivity index (χ1n) is 5.95. The summed E-state index contributed by atoms with van der Waals surface area (Å²) in [5.41, 5.74) is 2.84. The smallest absolute Gasteiger partial charge is 0.248 e. The molecule has 0 fully saturated rings. The number of carbonyl (C=O) groups excluding carboxylic acids is 1. The van der Waals surface area contributed by atoms with Gasteiger partial charge in [-0.1, -0.05) is 36.8 Å². The van der Waals surface area contributed by atoms with Crippen LogP contribution in [0.3, 0.4) is 0 Å². The number of hydrogen-bond donors (Lipinski definition) is 1. The van der Waals surface area contributed by atoms with E-state index < -0.39 is 0 Å². The molecule has 0 atom stereocenters. The van der Waals surface area contributed by atoms with Crippen LogP contribution >= 0.6 is 0 Å². The fraction of sp³-hybridized carbons (Fsp3) is 0.200. The highest BCUT2D eigenvalue weighted by Crippen LogP contribution is 2.13. The normalized spacial score (nSPS) is 10.3.